The zero-order chi connectivity index (χ0) is 19.0. The fourth-order valence-corrected chi connectivity index (χ4v) is 3.90. The Bertz CT molecular complexity index is 1190. The maximum atomic E-state index is 13.3. The Morgan fingerprint density at radius 2 is 1.89 bits per heavy atom. The molecule has 0 fully saturated rings. The van der Waals surface area contributed by atoms with E-state index in [1.165, 1.54) is 11.8 Å². The van der Waals surface area contributed by atoms with Gasteiger partial charge in [-0.3, -0.25) is 9.36 Å². The average Bonchev–Trinajstić information content (AvgIpc) is 3.08. The predicted octanol–water partition coefficient (Wildman–Crippen LogP) is 4.59. The van der Waals surface area contributed by atoms with E-state index in [1.54, 1.807) is 4.57 Å². The van der Waals surface area contributed by atoms with Crippen molar-refractivity contribution in [1.82, 2.24) is 14.7 Å². The van der Waals surface area contributed by atoms with E-state index in [9.17, 15) is 4.79 Å². The van der Waals surface area contributed by atoms with Crippen molar-refractivity contribution >= 4 is 22.7 Å². The lowest BCUT2D eigenvalue weighted by Crippen LogP contribution is -2.22. The molecule has 0 aliphatic rings. The van der Waals surface area contributed by atoms with Crippen LogP contribution in [0, 0.1) is 20.8 Å². The summed E-state index contributed by atoms with van der Waals surface area (Å²) in [6.07, 6.45) is 0. The topological polar surface area (TPSA) is 60.9 Å². The van der Waals surface area contributed by atoms with Crippen molar-refractivity contribution in [2.45, 2.75) is 31.7 Å². The van der Waals surface area contributed by atoms with Crippen LogP contribution in [0.2, 0.25) is 0 Å². The van der Waals surface area contributed by atoms with Crippen LogP contribution in [0.3, 0.4) is 0 Å². The van der Waals surface area contributed by atoms with Gasteiger partial charge < -0.3 is 4.52 Å². The lowest BCUT2D eigenvalue weighted by molar-refractivity contribution is 0.391. The van der Waals surface area contributed by atoms with Crippen molar-refractivity contribution in [3.05, 3.63) is 81.5 Å². The third-order valence-corrected chi connectivity index (χ3v) is 5.54. The van der Waals surface area contributed by atoms with Crippen molar-refractivity contribution in [3.8, 4) is 5.69 Å². The first kappa shape index (κ1) is 17.5. The summed E-state index contributed by atoms with van der Waals surface area (Å²) in [5, 5.41) is 5.18. The molecule has 2 heterocycles. The Kier molecular flexibility index (Phi) is 4.58. The van der Waals surface area contributed by atoms with Crippen LogP contribution in [-0.4, -0.2) is 14.7 Å². The van der Waals surface area contributed by atoms with Crippen LogP contribution in [0.25, 0.3) is 16.6 Å². The van der Waals surface area contributed by atoms with E-state index in [2.05, 4.69) is 5.16 Å². The third-order valence-electron chi connectivity index (χ3n) is 4.58. The SMILES string of the molecule is Cc1cc(CSc2nc3ccccc3c(=O)n2-c2cccc(C)c2C)on1. The highest BCUT2D eigenvalue weighted by atomic mass is 32.2. The molecule has 6 heteroatoms. The van der Waals surface area contributed by atoms with Gasteiger partial charge in [0.1, 0.15) is 5.76 Å². The number of fused-ring (bicyclic) bond motifs is 1. The van der Waals surface area contributed by atoms with Gasteiger partial charge in [0.05, 0.1) is 28.0 Å². The van der Waals surface area contributed by atoms with E-state index < -0.39 is 0 Å². The lowest BCUT2D eigenvalue weighted by Gasteiger charge is -2.16. The molecule has 4 rings (SSSR count). The number of para-hydroxylation sites is 1. The lowest BCUT2D eigenvalue weighted by atomic mass is 10.1. The molecule has 2 aromatic carbocycles. The molecule has 2 aromatic heterocycles. The van der Waals surface area contributed by atoms with Crippen molar-refractivity contribution in [3.63, 3.8) is 0 Å². The summed E-state index contributed by atoms with van der Waals surface area (Å²) >= 11 is 1.47. The van der Waals surface area contributed by atoms with E-state index in [0.29, 0.717) is 21.8 Å². The molecule has 0 amide bonds. The third kappa shape index (κ3) is 3.28. The second kappa shape index (κ2) is 7.04. The van der Waals surface area contributed by atoms with E-state index in [1.807, 2.05) is 69.3 Å². The maximum Gasteiger partial charge on any atom is 0.266 e. The smallest absolute Gasteiger partial charge is 0.266 e. The summed E-state index contributed by atoms with van der Waals surface area (Å²) in [5.41, 5.74) is 4.52. The highest BCUT2D eigenvalue weighted by Crippen LogP contribution is 2.26. The van der Waals surface area contributed by atoms with Crippen LogP contribution in [0.4, 0.5) is 0 Å². The van der Waals surface area contributed by atoms with E-state index >= 15 is 0 Å². The first-order valence-corrected chi connectivity index (χ1v) is 9.66. The summed E-state index contributed by atoms with van der Waals surface area (Å²) in [4.78, 5) is 18.1. The Balaban J connectivity index is 1.90. The minimum Gasteiger partial charge on any atom is -0.360 e. The van der Waals surface area contributed by atoms with Gasteiger partial charge in [0.2, 0.25) is 0 Å². The molecular weight excluding hydrogens is 358 g/mol. The quantitative estimate of drug-likeness (QED) is 0.384. The summed E-state index contributed by atoms with van der Waals surface area (Å²) in [6, 6.07) is 15.3. The van der Waals surface area contributed by atoms with Gasteiger partial charge in [-0.2, -0.15) is 0 Å². The zero-order valence-corrected chi connectivity index (χ0v) is 16.2. The van der Waals surface area contributed by atoms with E-state index in [4.69, 9.17) is 9.51 Å². The van der Waals surface area contributed by atoms with Crippen LogP contribution < -0.4 is 5.56 Å². The van der Waals surface area contributed by atoms with Gasteiger partial charge in [0, 0.05) is 6.07 Å². The van der Waals surface area contributed by atoms with Crippen molar-refractivity contribution in [2.24, 2.45) is 0 Å². The second-order valence-corrected chi connectivity index (χ2v) is 7.44. The van der Waals surface area contributed by atoms with Gasteiger partial charge in [0.15, 0.2) is 5.16 Å². The van der Waals surface area contributed by atoms with Crippen LogP contribution in [-0.2, 0) is 5.75 Å². The number of nitrogens with zero attached hydrogens (tertiary/aromatic N) is 3. The molecule has 4 aromatic rings. The number of hydrogen-bond acceptors (Lipinski definition) is 5. The van der Waals surface area contributed by atoms with Gasteiger partial charge in [0.25, 0.3) is 5.56 Å². The first-order valence-electron chi connectivity index (χ1n) is 8.68. The molecule has 0 aliphatic heterocycles. The number of benzene rings is 2. The molecule has 0 unspecified atom stereocenters. The molecule has 0 N–H and O–H groups in total. The minimum absolute atomic E-state index is 0.0643. The predicted molar refractivity (Wildman–Crippen MR) is 108 cm³/mol. The molecular formula is C21H19N3O2S. The summed E-state index contributed by atoms with van der Waals surface area (Å²) in [7, 11) is 0. The molecule has 0 bridgehead atoms. The van der Waals surface area contributed by atoms with E-state index in [0.717, 1.165) is 28.3 Å². The first-order chi connectivity index (χ1) is 13.0. The van der Waals surface area contributed by atoms with Crippen molar-refractivity contribution < 1.29 is 4.52 Å². The van der Waals surface area contributed by atoms with E-state index in [-0.39, 0.29) is 5.56 Å². The molecule has 136 valence electrons. The zero-order valence-electron chi connectivity index (χ0n) is 15.4. The Hall–Kier alpha value is -2.86. The number of thioether (sulfide) groups is 1. The average molecular weight is 377 g/mol. The summed E-state index contributed by atoms with van der Waals surface area (Å²) < 4.78 is 7.01. The fraction of sp³-hybridized carbons (Fsp3) is 0.190. The number of rotatable bonds is 4. The van der Waals surface area contributed by atoms with Crippen LogP contribution in [0.5, 0.6) is 0 Å². The standard InChI is InChI=1S/C21H19N3O2S/c1-13-7-6-10-19(15(13)3)24-20(25)17-8-4-5-9-18(17)22-21(24)27-12-16-11-14(2)23-26-16/h4-11H,12H2,1-3H3. The Morgan fingerprint density at radius 1 is 1.07 bits per heavy atom. The van der Waals surface area contributed by atoms with Crippen molar-refractivity contribution in [2.75, 3.05) is 0 Å². The number of aromatic nitrogens is 3. The molecule has 0 saturated carbocycles. The Morgan fingerprint density at radius 3 is 2.67 bits per heavy atom. The number of aryl methyl sites for hydroxylation is 2. The van der Waals surface area contributed by atoms with Gasteiger partial charge in [-0.1, -0.05) is 41.2 Å². The van der Waals surface area contributed by atoms with Crippen molar-refractivity contribution in [1.29, 1.82) is 0 Å². The molecule has 5 nitrogen and oxygen atoms in total. The second-order valence-electron chi connectivity index (χ2n) is 6.49. The molecule has 0 aliphatic carbocycles. The van der Waals surface area contributed by atoms with Crippen LogP contribution in [0.1, 0.15) is 22.6 Å². The molecule has 27 heavy (non-hydrogen) atoms. The van der Waals surface area contributed by atoms with Gasteiger partial charge in [-0.05, 0) is 50.1 Å². The largest absolute Gasteiger partial charge is 0.360 e. The van der Waals surface area contributed by atoms with Gasteiger partial charge in [-0.15, -0.1) is 0 Å². The van der Waals surface area contributed by atoms with Crippen LogP contribution >= 0.6 is 11.8 Å². The monoisotopic (exact) mass is 377 g/mol. The highest BCUT2D eigenvalue weighted by molar-refractivity contribution is 7.98. The minimum atomic E-state index is -0.0643. The van der Waals surface area contributed by atoms with Gasteiger partial charge in [-0.25, -0.2) is 4.98 Å². The molecule has 0 atom stereocenters. The number of hydrogen-bond donors (Lipinski definition) is 0. The summed E-state index contributed by atoms with van der Waals surface area (Å²) in [6.45, 7) is 5.96. The fourth-order valence-electron chi connectivity index (χ4n) is 3.02. The highest BCUT2D eigenvalue weighted by Gasteiger charge is 2.16. The Labute approximate surface area is 161 Å². The normalized spacial score (nSPS) is 11.2. The molecule has 0 radical (unpaired) electrons. The maximum absolute atomic E-state index is 13.3. The molecule has 0 spiro atoms. The van der Waals surface area contributed by atoms with Crippen LogP contribution in [0.15, 0.2) is 63.0 Å². The molecule has 0 saturated heterocycles. The summed E-state index contributed by atoms with van der Waals surface area (Å²) in [5.74, 6) is 1.31. The van der Waals surface area contributed by atoms with Gasteiger partial charge >= 0.3 is 0 Å².